The molecule has 2 heterocycles. The highest BCUT2D eigenvalue weighted by Crippen LogP contribution is 2.28. The van der Waals surface area contributed by atoms with Crippen molar-refractivity contribution in [2.75, 3.05) is 36.2 Å². The molecule has 1 atom stereocenters. The molecule has 8 nitrogen and oxygen atoms in total. The molecule has 1 aromatic heterocycles. The second kappa shape index (κ2) is 10.4. The molecule has 1 saturated heterocycles. The number of nitrogens with zero attached hydrogens (tertiary/aromatic N) is 3. The van der Waals surface area contributed by atoms with Crippen molar-refractivity contribution in [1.29, 1.82) is 0 Å². The van der Waals surface area contributed by atoms with Crippen molar-refractivity contribution < 1.29 is 14.3 Å². The number of halogens is 1. The highest BCUT2D eigenvalue weighted by Gasteiger charge is 2.31. The van der Waals surface area contributed by atoms with Crippen molar-refractivity contribution in [3.05, 3.63) is 35.4 Å². The average Bonchev–Trinajstić information content (AvgIpc) is 3.62. The van der Waals surface area contributed by atoms with Crippen LogP contribution in [0.15, 0.2) is 35.4 Å². The topological polar surface area (TPSA) is 96.5 Å². The average molecular weight is 476 g/mol. The summed E-state index contributed by atoms with van der Waals surface area (Å²) < 4.78 is 5.25. The van der Waals surface area contributed by atoms with Crippen molar-refractivity contribution in [3.8, 4) is 5.75 Å². The molecule has 2 fully saturated rings. The Morgan fingerprint density at radius 3 is 2.78 bits per heavy atom. The number of ether oxygens (including phenoxy) is 1. The van der Waals surface area contributed by atoms with Crippen LogP contribution in [0.4, 0.5) is 11.5 Å². The van der Waals surface area contributed by atoms with E-state index in [0.717, 1.165) is 38.0 Å². The fraction of sp³-hybridized carbons (Fsp3) is 0.455. The molecule has 32 heavy (non-hydrogen) atoms. The number of amides is 2. The molecule has 2 aliphatic rings. The first-order chi connectivity index (χ1) is 15.5. The molecule has 2 N–H and O–H groups in total. The molecule has 0 radical (unpaired) electrons. The van der Waals surface area contributed by atoms with Gasteiger partial charge in [-0.05, 0) is 56.0 Å². The fourth-order valence-corrected chi connectivity index (χ4v) is 4.39. The normalized spacial score (nSPS) is 18.2. The van der Waals surface area contributed by atoms with Gasteiger partial charge in [0.1, 0.15) is 10.8 Å². The number of hydrogen-bond acceptors (Lipinski definition) is 7. The number of rotatable bonds is 8. The van der Waals surface area contributed by atoms with Gasteiger partial charge in [0.05, 0.1) is 24.5 Å². The van der Waals surface area contributed by atoms with Crippen molar-refractivity contribution >= 4 is 46.7 Å². The number of methoxy groups -OCH3 is 1. The zero-order valence-electron chi connectivity index (χ0n) is 17.8. The Kier molecular flexibility index (Phi) is 7.36. The number of thioether (sulfide) groups is 1. The Morgan fingerprint density at radius 1 is 1.22 bits per heavy atom. The number of benzene rings is 1. The van der Waals surface area contributed by atoms with Crippen molar-refractivity contribution in [3.63, 3.8) is 0 Å². The summed E-state index contributed by atoms with van der Waals surface area (Å²) in [6.45, 7) is 1.52. The Labute approximate surface area is 196 Å². The maximum atomic E-state index is 12.4. The highest BCUT2D eigenvalue weighted by molar-refractivity contribution is 7.99. The maximum Gasteiger partial charge on any atom is 0.234 e. The van der Waals surface area contributed by atoms with Gasteiger partial charge in [0.2, 0.25) is 11.8 Å². The minimum absolute atomic E-state index is 0.00706. The van der Waals surface area contributed by atoms with Gasteiger partial charge in [0, 0.05) is 24.2 Å². The molecule has 1 aromatic carbocycles. The molecule has 0 unspecified atom stereocenters. The van der Waals surface area contributed by atoms with Crippen LogP contribution >= 0.6 is 23.4 Å². The third-order valence-corrected chi connectivity index (χ3v) is 6.61. The number of carbonyl (C=O) groups excluding carboxylic acids is 2. The molecule has 1 aliphatic heterocycles. The van der Waals surface area contributed by atoms with Crippen molar-refractivity contribution in [2.24, 2.45) is 5.92 Å². The van der Waals surface area contributed by atoms with Crippen molar-refractivity contribution in [1.82, 2.24) is 15.5 Å². The lowest BCUT2D eigenvalue weighted by Gasteiger charge is -2.32. The Bertz CT molecular complexity index is 971. The minimum Gasteiger partial charge on any atom is -0.495 e. The molecule has 4 rings (SSSR count). The third kappa shape index (κ3) is 6.04. The smallest absolute Gasteiger partial charge is 0.234 e. The predicted molar refractivity (Wildman–Crippen MR) is 125 cm³/mol. The van der Waals surface area contributed by atoms with Crippen LogP contribution in [0, 0.1) is 5.92 Å². The van der Waals surface area contributed by atoms with Gasteiger partial charge in [-0.25, -0.2) is 0 Å². The first kappa shape index (κ1) is 22.7. The van der Waals surface area contributed by atoms with Crippen LogP contribution in [0.3, 0.4) is 0 Å². The predicted octanol–water partition coefficient (Wildman–Crippen LogP) is 3.36. The van der Waals surface area contributed by atoms with E-state index in [0.29, 0.717) is 34.1 Å². The Morgan fingerprint density at radius 2 is 2.06 bits per heavy atom. The number of hydrogen-bond donors (Lipinski definition) is 2. The monoisotopic (exact) mass is 475 g/mol. The van der Waals surface area contributed by atoms with E-state index in [-0.39, 0.29) is 23.5 Å². The van der Waals surface area contributed by atoms with Crippen LogP contribution in [-0.4, -0.2) is 54.0 Å². The lowest BCUT2D eigenvalue weighted by atomic mass is 9.97. The van der Waals surface area contributed by atoms with Gasteiger partial charge in [0.15, 0.2) is 5.82 Å². The molecule has 10 heteroatoms. The number of anilines is 2. The molecule has 2 aromatic rings. The van der Waals surface area contributed by atoms with Crippen LogP contribution in [-0.2, 0) is 9.59 Å². The van der Waals surface area contributed by atoms with Gasteiger partial charge < -0.3 is 20.3 Å². The number of carbonyl (C=O) groups is 2. The van der Waals surface area contributed by atoms with E-state index in [2.05, 4.69) is 25.7 Å². The summed E-state index contributed by atoms with van der Waals surface area (Å²) in [5, 5.41) is 15.7. The third-order valence-electron chi connectivity index (χ3n) is 5.45. The summed E-state index contributed by atoms with van der Waals surface area (Å²) in [6, 6.07) is 9.19. The Hall–Kier alpha value is -2.52. The molecule has 1 saturated carbocycles. The van der Waals surface area contributed by atoms with Gasteiger partial charge in [-0.2, -0.15) is 0 Å². The molecular formula is C22H26ClN5O3S. The molecule has 0 spiro atoms. The number of piperidine rings is 1. The first-order valence-corrected chi connectivity index (χ1v) is 12.0. The van der Waals surface area contributed by atoms with Crippen LogP contribution in [0.1, 0.15) is 25.7 Å². The van der Waals surface area contributed by atoms with E-state index in [4.69, 9.17) is 16.3 Å². The van der Waals surface area contributed by atoms with Gasteiger partial charge in [0.25, 0.3) is 0 Å². The molecule has 0 bridgehead atoms. The maximum absolute atomic E-state index is 12.4. The molecule has 170 valence electrons. The van der Waals surface area contributed by atoms with E-state index >= 15 is 0 Å². The lowest BCUT2D eigenvalue weighted by Crippen LogP contribution is -2.44. The van der Waals surface area contributed by atoms with Gasteiger partial charge in [-0.3, -0.25) is 9.59 Å². The second-order valence-electron chi connectivity index (χ2n) is 7.98. The lowest BCUT2D eigenvalue weighted by molar-refractivity contribution is -0.125. The number of aromatic nitrogens is 2. The minimum atomic E-state index is -0.193. The van der Waals surface area contributed by atoms with Crippen LogP contribution in [0.5, 0.6) is 5.75 Å². The Balaban J connectivity index is 1.28. The van der Waals surface area contributed by atoms with E-state index in [9.17, 15) is 9.59 Å². The summed E-state index contributed by atoms with van der Waals surface area (Å²) in [5.74, 6) is 1.43. The summed E-state index contributed by atoms with van der Waals surface area (Å²) in [5.41, 5.74) is 0.525. The van der Waals surface area contributed by atoms with Crippen LogP contribution < -0.4 is 20.3 Å². The first-order valence-electron chi connectivity index (χ1n) is 10.7. The summed E-state index contributed by atoms with van der Waals surface area (Å²) in [4.78, 5) is 26.8. The highest BCUT2D eigenvalue weighted by atomic mass is 35.5. The number of nitrogens with one attached hydrogen (secondary N) is 2. The SMILES string of the molecule is COc1ccc(Cl)cc1NC(=O)CSc1ccc(N2CCC[C@@H](C(=O)NC3CC3)C2)nn1. The van der Waals surface area contributed by atoms with Gasteiger partial charge in [-0.15, -0.1) is 10.2 Å². The van der Waals surface area contributed by atoms with E-state index in [1.54, 1.807) is 18.2 Å². The second-order valence-corrected chi connectivity index (χ2v) is 9.41. The van der Waals surface area contributed by atoms with Crippen LogP contribution in [0.2, 0.25) is 5.02 Å². The molecule has 1 aliphatic carbocycles. The van der Waals surface area contributed by atoms with Crippen LogP contribution in [0.25, 0.3) is 0 Å². The van der Waals surface area contributed by atoms with Crippen molar-refractivity contribution in [2.45, 2.75) is 36.8 Å². The molecule has 2 amide bonds. The quantitative estimate of drug-likeness (QED) is 0.565. The van der Waals surface area contributed by atoms with E-state index in [1.165, 1.54) is 18.9 Å². The summed E-state index contributed by atoms with van der Waals surface area (Å²) in [7, 11) is 1.54. The molecular weight excluding hydrogens is 450 g/mol. The zero-order valence-corrected chi connectivity index (χ0v) is 19.4. The largest absolute Gasteiger partial charge is 0.495 e. The van der Waals surface area contributed by atoms with E-state index < -0.39 is 0 Å². The standard InChI is InChI=1S/C22H26ClN5O3S/c1-31-18-7-4-15(23)11-17(18)25-20(29)13-32-21-9-8-19(26-27-21)28-10-2-3-14(12-28)22(30)24-16-5-6-16/h4,7-9,11,14,16H,2-3,5-6,10,12-13H2,1H3,(H,24,30)(H,25,29)/t14-/m1/s1. The van der Waals surface area contributed by atoms with Gasteiger partial charge in [-0.1, -0.05) is 23.4 Å². The van der Waals surface area contributed by atoms with Gasteiger partial charge >= 0.3 is 0 Å². The summed E-state index contributed by atoms with van der Waals surface area (Å²) in [6.07, 6.45) is 4.05. The summed E-state index contributed by atoms with van der Waals surface area (Å²) >= 11 is 7.30. The van der Waals surface area contributed by atoms with E-state index in [1.807, 2.05) is 12.1 Å². The zero-order chi connectivity index (χ0) is 22.5. The fourth-order valence-electron chi connectivity index (χ4n) is 3.61.